The molecule has 0 bridgehead atoms. The van der Waals surface area contributed by atoms with Crippen LogP contribution in [0.25, 0.3) is 17.0 Å². The number of aliphatic hydroxyl groups excluding tert-OH is 1. The third-order valence-corrected chi connectivity index (χ3v) is 4.54. The predicted octanol–water partition coefficient (Wildman–Crippen LogP) is 3.04. The quantitative estimate of drug-likeness (QED) is 0.726. The second-order valence-electron chi connectivity index (χ2n) is 5.92. The average Bonchev–Trinajstić information content (AvgIpc) is 3.03. The van der Waals surface area contributed by atoms with Crippen molar-refractivity contribution >= 4 is 34.2 Å². The summed E-state index contributed by atoms with van der Waals surface area (Å²) in [6.45, 7) is 4.61. The zero-order chi connectivity index (χ0) is 16.7. The number of nitrogens with zero attached hydrogens (tertiary/aromatic N) is 3. The first-order valence-electron chi connectivity index (χ1n) is 7.88. The van der Waals surface area contributed by atoms with Gasteiger partial charge in [-0.25, -0.2) is 9.97 Å². The van der Waals surface area contributed by atoms with Crippen LogP contribution in [0.2, 0.25) is 0 Å². The van der Waals surface area contributed by atoms with Crippen LogP contribution in [-0.2, 0) is 13.0 Å². The van der Waals surface area contributed by atoms with Gasteiger partial charge in [0.05, 0.1) is 12.1 Å². The third-order valence-electron chi connectivity index (χ3n) is 4.54. The SMILES string of the molecule is C=Cc1ccc2c(c1)N(c1ncnc3cc(CO)c(N)cc13)CC2. The first-order valence-corrected chi connectivity index (χ1v) is 7.88. The molecule has 0 radical (unpaired) electrons. The van der Waals surface area contributed by atoms with Gasteiger partial charge < -0.3 is 15.7 Å². The number of hydrogen-bond donors (Lipinski definition) is 2. The summed E-state index contributed by atoms with van der Waals surface area (Å²) in [4.78, 5) is 11.0. The number of hydrogen-bond acceptors (Lipinski definition) is 5. The van der Waals surface area contributed by atoms with Crippen molar-refractivity contribution in [2.75, 3.05) is 17.2 Å². The normalized spacial score (nSPS) is 13.3. The van der Waals surface area contributed by atoms with Crippen LogP contribution in [0.3, 0.4) is 0 Å². The molecular formula is C19H18N4O. The van der Waals surface area contributed by atoms with E-state index >= 15 is 0 Å². The molecule has 5 nitrogen and oxygen atoms in total. The van der Waals surface area contributed by atoms with Gasteiger partial charge in [0, 0.05) is 28.9 Å². The summed E-state index contributed by atoms with van der Waals surface area (Å²) in [5.74, 6) is 0.844. The monoisotopic (exact) mass is 318 g/mol. The minimum atomic E-state index is -0.101. The van der Waals surface area contributed by atoms with Crippen LogP contribution < -0.4 is 10.6 Å². The smallest absolute Gasteiger partial charge is 0.144 e. The zero-order valence-electron chi connectivity index (χ0n) is 13.2. The minimum Gasteiger partial charge on any atom is -0.398 e. The molecule has 1 aliphatic rings. The van der Waals surface area contributed by atoms with E-state index in [0.717, 1.165) is 40.9 Å². The van der Waals surface area contributed by atoms with E-state index in [1.54, 1.807) is 6.33 Å². The van der Waals surface area contributed by atoms with Gasteiger partial charge >= 0.3 is 0 Å². The summed E-state index contributed by atoms with van der Waals surface area (Å²) < 4.78 is 0. The average molecular weight is 318 g/mol. The molecule has 0 fully saturated rings. The van der Waals surface area contributed by atoms with E-state index in [2.05, 4.69) is 39.6 Å². The van der Waals surface area contributed by atoms with Crippen LogP contribution in [0.15, 0.2) is 43.2 Å². The van der Waals surface area contributed by atoms with Gasteiger partial charge in [-0.15, -0.1) is 0 Å². The minimum absolute atomic E-state index is 0.101. The summed E-state index contributed by atoms with van der Waals surface area (Å²) in [5.41, 5.74) is 11.6. The van der Waals surface area contributed by atoms with Crippen molar-refractivity contribution in [3.63, 3.8) is 0 Å². The molecule has 0 aliphatic carbocycles. The first-order chi connectivity index (χ1) is 11.7. The molecule has 0 saturated heterocycles. The van der Waals surface area contributed by atoms with E-state index in [0.29, 0.717) is 11.3 Å². The van der Waals surface area contributed by atoms with Crippen LogP contribution in [0.5, 0.6) is 0 Å². The van der Waals surface area contributed by atoms with Gasteiger partial charge in [0.25, 0.3) is 0 Å². The van der Waals surface area contributed by atoms with Crippen LogP contribution in [0.1, 0.15) is 16.7 Å². The second-order valence-corrected chi connectivity index (χ2v) is 5.92. The molecule has 3 aromatic rings. The largest absolute Gasteiger partial charge is 0.398 e. The van der Waals surface area contributed by atoms with Crippen LogP contribution in [-0.4, -0.2) is 21.6 Å². The van der Waals surface area contributed by atoms with Gasteiger partial charge in [0.15, 0.2) is 0 Å². The van der Waals surface area contributed by atoms with Crippen LogP contribution >= 0.6 is 0 Å². The molecule has 1 aliphatic heterocycles. The van der Waals surface area contributed by atoms with Gasteiger partial charge in [0.2, 0.25) is 0 Å². The van der Waals surface area contributed by atoms with E-state index < -0.39 is 0 Å². The maximum absolute atomic E-state index is 9.40. The highest BCUT2D eigenvalue weighted by atomic mass is 16.3. The lowest BCUT2D eigenvalue weighted by Gasteiger charge is -2.20. The zero-order valence-corrected chi connectivity index (χ0v) is 13.2. The van der Waals surface area contributed by atoms with E-state index in [4.69, 9.17) is 5.73 Å². The Balaban J connectivity index is 1.90. The van der Waals surface area contributed by atoms with Gasteiger partial charge in [-0.3, -0.25) is 0 Å². The predicted molar refractivity (Wildman–Crippen MR) is 97.1 cm³/mol. The molecular weight excluding hydrogens is 300 g/mol. The van der Waals surface area contributed by atoms with Crippen molar-refractivity contribution in [3.8, 4) is 0 Å². The van der Waals surface area contributed by atoms with Crippen LogP contribution in [0, 0.1) is 0 Å². The molecule has 0 saturated carbocycles. The van der Waals surface area contributed by atoms with Crippen molar-refractivity contribution in [1.29, 1.82) is 0 Å². The Hall–Kier alpha value is -2.92. The summed E-state index contributed by atoms with van der Waals surface area (Å²) in [7, 11) is 0. The third kappa shape index (κ3) is 2.21. The molecule has 1 aromatic heterocycles. The summed E-state index contributed by atoms with van der Waals surface area (Å²) in [6, 6.07) is 10.0. The number of aromatic nitrogens is 2. The van der Waals surface area contributed by atoms with Crippen molar-refractivity contribution < 1.29 is 5.11 Å². The Kier molecular flexibility index (Phi) is 3.43. The first kappa shape index (κ1) is 14.7. The van der Waals surface area contributed by atoms with Gasteiger partial charge in [-0.05, 0) is 35.7 Å². The van der Waals surface area contributed by atoms with Gasteiger partial charge in [-0.2, -0.15) is 0 Å². The van der Waals surface area contributed by atoms with Crippen molar-refractivity contribution in [1.82, 2.24) is 9.97 Å². The molecule has 0 unspecified atom stereocenters. The van der Waals surface area contributed by atoms with Crippen molar-refractivity contribution in [3.05, 3.63) is 59.9 Å². The molecule has 0 amide bonds. The molecule has 3 N–H and O–H groups in total. The molecule has 0 atom stereocenters. The maximum atomic E-state index is 9.40. The molecule has 2 aromatic carbocycles. The van der Waals surface area contributed by atoms with E-state index in [9.17, 15) is 5.11 Å². The molecule has 0 spiro atoms. The number of aliphatic hydroxyl groups is 1. The van der Waals surface area contributed by atoms with E-state index in [1.165, 1.54) is 5.56 Å². The molecule has 4 rings (SSSR count). The van der Waals surface area contributed by atoms with E-state index in [1.807, 2.05) is 18.2 Å². The Bertz CT molecular complexity index is 951. The highest BCUT2D eigenvalue weighted by Crippen LogP contribution is 2.38. The van der Waals surface area contributed by atoms with Crippen LogP contribution in [0.4, 0.5) is 17.2 Å². The van der Waals surface area contributed by atoms with Gasteiger partial charge in [0.1, 0.15) is 12.1 Å². The fraction of sp³-hybridized carbons (Fsp3) is 0.158. The number of benzene rings is 2. The molecule has 2 heterocycles. The highest BCUT2D eigenvalue weighted by Gasteiger charge is 2.23. The Morgan fingerprint density at radius 2 is 2.12 bits per heavy atom. The van der Waals surface area contributed by atoms with Gasteiger partial charge in [-0.1, -0.05) is 24.8 Å². The Morgan fingerprint density at radius 1 is 1.25 bits per heavy atom. The standard InChI is InChI=1S/C19H18N4O/c1-2-12-3-4-13-5-6-23(18(13)7-12)19-15-9-16(20)14(10-24)8-17(15)21-11-22-19/h2-4,7-9,11,24H,1,5-6,10,20H2. The fourth-order valence-electron chi connectivity index (χ4n) is 3.24. The summed E-state index contributed by atoms with van der Waals surface area (Å²) in [5, 5.41) is 10.3. The number of nitrogens with two attached hydrogens (primary N) is 1. The summed E-state index contributed by atoms with van der Waals surface area (Å²) >= 11 is 0. The molecule has 120 valence electrons. The molecule has 24 heavy (non-hydrogen) atoms. The number of fused-ring (bicyclic) bond motifs is 2. The number of rotatable bonds is 3. The lowest BCUT2D eigenvalue weighted by molar-refractivity contribution is 0.282. The maximum Gasteiger partial charge on any atom is 0.144 e. The van der Waals surface area contributed by atoms with E-state index in [-0.39, 0.29) is 6.61 Å². The fourth-order valence-corrected chi connectivity index (χ4v) is 3.24. The Morgan fingerprint density at radius 3 is 2.92 bits per heavy atom. The lowest BCUT2D eigenvalue weighted by Crippen LogP contribution is -2.15. The lowest BCUT2D eigenvalue weighted by atomic mass is 10.1. The number of anilines is 3. The van der Waals surface area contributed by atoms with Crippen molar-refractivity contribution in [2.45, 2.75) is 13.0 Å². The summed E-state index contributed by atoms with van der Waals surface area (Å²) in [6.07, 6.45) is 4.38. The Labute approximate surface area is 140 Å². The second kappa shape index (κ2) is 5.62. The highest BCUT2D eigenvalue weighted by molar-refractivity contribution is 5.95. The van der Waals surface area contributed by atoms with Crippen molar-refractivity contribution in [2.24, 2.45) is 0 Å². The molecule has 5 heteroatoms. The topological polar surface area (TPSA) is 75.3 Å². The number of nitrogen functional groups attached to an aromatic ring is 1.